The monoisotopic (exact) mass is 498 g/mol. The van der Waals surface area contributed by atoms with Crippen molar-refractivity contribution in [2.24, 2.45) is 0 Å². The number of carbonyl (C=O) groups excluding carboxylic acids is 1. The Morgan fingerprint density at radius 1 is 1.03 bits per heavy atom. The van der Waals surface area contributed by atoms with Gasteiger partial charge in [-0.15, -0.1) is 0 Å². The Balaban J connectivity index is 1.33. The molecular weight excluding hydrogens is 468 g/mol. The molecule has 0 radical (unpaired) electrons. The van der Waals surface area contributed by atoms with Gasteiger partial charge in [-0.3, -0.25) is 4.79 Å². The molecule has 1 amide bonds. The predicted molar refractivity (Wildman–Crippen MR) is 132 cm³/mol. The van der Waals surface area contributed by atoms with Crippen molar-refractivity contribution >= 4 is 21.6 Å². The summed E-state index contributed by atoms with van der Waals surface area (Å²) in [6, 6.07) is 15.6. The highest BCUT2D eigenvalue weighted by atomic mass is 32.2. The third-order valence-corrected chi connectivity index (χ3v) is 7.59. The molecule has 10 heteroatoms. The number of aromatic nitrogens is 2. The molecule has 1 saturated heterocycles. The number of anilines is 1. The van der Waals surface area contributed by atoms with Gasteiger partial charge in [0.2, 0.25) is 10.0 Å². The largest absolute Gasteiger partial charge is 0.471 e. The lowest BCUT2D eigenvalue weighted by molar-refractivity contribution is 0.0730. The fourth-order valence-electron chi connectivity index (χ4n) is 3.59. The quantitative estimate of drug-likeness (QED) is 0.535. The third kappa shape index (κ3) is 6.08. The van der Waals surface area contributed by atoms with Crippen molar-refractivity contribution in [3.05, 3.63) is 72.1 Å². The first kappa shape index (κ1) is 24.9. The molecule has 4 rings (SSSR count). The second-order valence-electron chi connectivity index (χ2n) is 9.28. The fourth-order valence-corrected chi connectivity index (χ4v) is 5.00. The first-order chi connectivity index (χ1) is 16.6. The maximum absolute atomic E-state index is 12.7. The minimum atomic E-state index is -3.58. The highest BCUT2D eigenvalue weighted by Crippen LogP contribution is 2.24. The van der Waals surface area contributed by atoms with E-state index in [0.29, 0.717) is 37.7 Å². The van der Waals surface area contributed by atoms with Crippen LogP contribution < -0.4 is 10.1 Å². The molecule has 0 aliphatic carbocycles. The zero-order valence-electron chi connectivity index (χ0n) is 20.1. The molecule has 1 aromatic heterocycles. The molecule has 186 valence electrons. The van der Waals surface area contributed by atoms with E-state index in [4.69, 9.17) is 9.47 Å². The van der Waals surface area contributed by atoms with Gasteiger partial charge < -0.3 is 14.8 Å². The van der Waals surface area contributed by atoms with Crippen molar-refractivity contribution in [1.29, 1.82) is 0 Å². The van der Waals surface area contributed by atoms with Crippen molar-refractivity contribution in [2.45, 2.75) is 37.8 Å². The van der Waals surface area contributed by atoms with Crippen LogP contribution in [0.15, 0.2) is 65.7 Å². The summed E-state index contributed by atoms with van der Waals surface area (Å²) in [6.07, 6.45) is 1.66. The van der Waals surface area contributed by atoms with Gasteiger partial charge in [-0.1, -0.05) is 32.9 Å². The highest BCUT2D eigenvalue weighted by molar-refractivity contribution is 7.89. The van der Waals surface area contributed by atoms with Crippen LogP contribution in [0.4, 0.5) is 5.69 Å². The summed E-state index contributed by atoms with van der Waals surface area (Å²) >= 11 is 0. The van der Waals surface area contributed by atoms with E-state index in [1.165, 1.54) is 26.7 Å². The average Bonchev–Trinajstić information content (AvgIpc) is 3.33. The summed E-state index contributed by atoms with van der Waals surface area (Å²) in [7, 11) is -3.58. The van der Waals surface area contributed by atoms with Gasteiger partial charge in [-0.05, 0) is 53.4 Å². The molecule has 0 atom stereocenters. The van der Waals surface area contributed by atoms with Gasteiger partial charge >= 0.3 is 0 Å². The summed E-state index contributed by atoms with van der Waals surface area (Å²) in [4.78, 5) is 12.8. The maximum atomic E-state index is 12.7. The molecule has 2 aromatic carbocycles. The number of amides is 1. The van der Waals surface area contributed by atoms with Gasteiger partial charge in [-0.25, -0.2) is 13.1 Å². The van der Waals surface area contributed by atoms with Crippen LogP contribution >= 0.6 is 0 Å². The zero-order chi connectivity index (χ0) is 25.1. The fraction of sp³-hybridized carbons (Fsp3) is 0.360. The SMILES string of the molecule is CC(C)(C)c1ccc(OCn2ccc(C(=O)Nc3ccc(S(=O)(=O)N4CCOCC4)cc3)n2)cc1. The van der Waals surface area contributed by atoms with Crippen molar-refractivity contribution in [1.82, 2.24) is 14.1 Å². The number of sulfonamides is 1. The lowest BCUT2D eigenvalue weighted by Crippen LogP contribution is -2.40. The Morgan fingerprint density at radius 3 is 2.31 bits per heavy atom. The van der Waals surface area contributed by atoms with Crippen LogP contribution in [0.3, 0.4) is 0 Å². The molecule has 9 nitrogen and oxygen atoms in total. The number of rotatable bonds is 7. The molecule has 0 unspecified atom stereocenters. The number of hydrogen-bond donors (Lipinski definition) is 1. The minimum absolute atomic E-state index is 0.0695. The number of benzene rings is 2. The first-order valence-electron chi connectivity index (χ1n) is 11.4. The van der Waals surface area contributed by atoms with Crippen molar-refractivity contribution in [3.8, 4) is 5.75 Å². The van der Waals surface area contributed by atoms with E-state index >= 15 is 0 Å². The number of morpholine rings is 1. The van der Waals surface area contributed by atoms with Gasteiger partial charge in [0.25, 0.3) is 5.91 Å². The van der Waals surface area contributed by atoms with Crippen molar-refractivity contribution in [3.63, 3.8) is 0 Å². The minimum Gasteiger partial charge on any atom is -0.471 e. The van der Waals surface area contributed by atoms with E-state index in [1.54, 1.807) is 24.4 Å². The van der Waals surface area contributed by atoms with Crippen LogP contribution in [0.5, 0.6) is 5.75 Å². The lowest BCUT2D eigenvalue weighted by atomic mass is 9.87. The number of hydrogen-bond acceptors (Lipinski definition) is 6. The number of ether oxygens (including phenoxy) is 2. The van der Waals surface area contributed by atoms with Gasteiger partial charge in [0.1, 0.15) is 5.75 Å². The molecule has 0 spiro atoms. The first-order valence-corrected chi connectivity index (χ1v) is 12.8. The Labute approximate surface area is 205 Å². The van der Waals surface area contributed by atoms with Crippen LogP contribution in [0.1, 0.15) is 36.8 Å². The molecule has 1 aliphatic heterocycles. The Bertz CT molecular complexity index is 1260. The number of nitrogens with one attached hydrogen (secondary N) is 1. The molecule has 1 aliphatic rings. The van der Waals surface area contributed by atoms with Gasteiger partial charge in [0.05, 0.1) is 18.1 Å². The van der Waals surface area contributed by atoms with Crippen LogP contribution in [-0.2, 0) is 26.9 Å². The summed E-state index contributed by atoms with van der Waals surface area (Å²) in [5, 5.41) is 7.00. The Kier molecular flexibility index (Phi) is 7.25. The summed E-state index contributed by atoms with van der Waals surface area (Å²) < 4.78 is 39.4. The van der Waals surface area contributed by atoms with Crippen molar-refractivity contribution < 1.29 is 22.7 Å². The van der Waals surface area contributed by atoms with E-state index in [2.05, 4.69) is 31.2 Å². The number of nitrogens with zero attached hydrogens (tertiary/aromatic N) is 3. The average molecular weight is 499 g/mol. The van der Waals surface area contributed by atoms with Crippen LogP contribution in [0, 0.1) is 0 Å². The molecule has 1 N–H and O–H groups in total. The van der Waals surface area contributed by atoms with E-state index < -0.39 is 15.9 Å². The predicted octanol–water partition coefficient (Wildman–Crippen LogP) is 3.49. The Hall–Kier alpha value is -3.21. The van der Waals surface area contributed by atoms with E-state index in [9.17, 15) is 13.2 Å². The molecule has 0 bridgehead atoms. The topological polar surface area (TPSA) is 103 Å². The second kappa shape index (κ2) is 10.2. The van der Waals surface area contributed by atoms with Crippen LogP contribution in [-0.4, -0.2) is 54.7 Å². The second-order valence-corrected chi connectivity index (χ2v) is 11.2. The van der Waals surface area contributed by atoms with E-state index in [0.717, 1.165) is 0 Å². The standard InChI is InChI=1S/C25H30N4O5S/c1-25(2,3)19-4-8-21(9-5-19)34-18-28-13-12-23(27-28)24(30)26-20-6-10-22(11-7-20)35(31,32)29-14-16-33-17-15-29/h4-13H,14-18H2,1-3H3,(H,26,30). The highest BCUT2D eigenvalue weighted by Gasteiger charge is 2.26. The molecule has 1 fully saturated rings. The van der Waals surface area contributed by atoms with Gasteiger partial charge in [0.15, 0.2) is 12.4 Å². The summed E-state index contributed by atoms with van der Waals surface area (Å²) in [6.45, 7) is 8.05. The lowest BCUT2D eigenvalue weighted by Gasteiger charge is -2.26. The van der Waals surface area contributed by atoms with Crippen LogP contribution in [0.2, 0.25) is 0 Å². The normalized spacial score (nSPS) is 15.1. The zero-order valence-corrected chi connectivity index (χ0v) is 20.9. The third-order valence-electron chi connectivity index (χ3n) is 5.68. The number of carbonyl (C=O) groups is 1. The summed E-state index contributed by atoms with van der Waals surface area (Å²) in [5.74, 6) is 0.314. The van der Waals surface area contributed by atoms with E-state index in [1.807, 2.05) is 24.3 Å². The van der Waals surface area contributed by atoms with Crippen LogP contribution in [0.25, 0.3) is 0 Å². The summed E-state index contributed by atoms with van der Waals surface area (Å²) in [5.41, 5.74) is 1.98. The smallest absolute Gasteiger partial charge is 0.276 e. The van der Waals surface area contributed by atoms with E-state index in [-0.39, 0.29) is 22.7 Å². The molecule has 3 aromatic rings. The Morgan fingerprint density at radius 2 is 1.69 bits per heavy atom. The molecular formula is C25H30N4O5S. The molecule has 35 heavy (non-hydrogen) atoms. The molecule has 0 saturated carbocycles. The van der Waals surface area contributed by atoms with Crippen molar-refractivity contribution in [2.75, 3.05) is 31.6 Å². The van der Waals surface area contributed by atoms with Gasteiger partial charge in [-0.2, -0.15) is 9.40 Å². The van der Waals surface area contributed by atoms with Gasteiger partial charge in [0, 0.05) is 25.0 Å². The maximum Gasteiger partial charge on any atom is 0.276 e. The molecule has 2 heterocycles.